The Kier molecular flexibility index (Phi) is 6.76. The van der Waals surface area contributed by atoms with Crippen LogP contribution in [0.1, 0.15) is 38.7 Å². The molecule has 0 bridgehead atoms. The van der Waals surface area contributed by atoms with Gasteiger partial charge in [-0.3, -0.25) is 0 Å². The third-order valence-corrected chi connectivity index (χ3v) is 2.88. The van der Waals surface area contributed by atoms with Crippen LogP contribution in [-0.4, -0.2) is 30.9 Å². The lowest BCUT2D eigenvalue weighted by atomic mass is 10.0. The van der Waals surface area contributed by atoms with E-state index in [0.29, 0.717) is 12.5 Å². The number of hydrogen-bond donors (Lipinski definition) is 2. The minimum Gasteiger partial charge on any atom is -0.492 e. The van der Waals surface area contributed by atoms with Crippen molar-refractivity contribution in [3.8, 4) is 5.75 Å². The second kappa shape index (κ2) is 8.11. The van der Waals surface area contributed by atoms with E-state index < -0.39 is 0 Å². The van der Waals surface area contributed by atoms with E-state index in [4.69, 9.17) is 4.74 Å². The maximum absolute atomic E-state index is 9.27. The Hall–Kier alpha value is -1.06. The van der Waals surface area contributed by atoms with Crippen LogP contribution in [0.3, 0.4) is 0 Å². The molecular weight excluding hydrogens is 226 g/mol. The molecular formula is C15H25NO2. The SMILES string of the molecule is CCCNC(CO)COc1ccccc1C(C)C. The number of rotatable bonds is 8. The van der Waals surface area contributed by atoms with Crippen LogP contribution in [0.15, 0.2) is 24.3 Å². The standard InChI is InChI=1S/C15H25NO2/c1-4-9-16-13(10-17)11-18-15-8-6-5-7-14(15)12(2)3/h5-8,12-13,16-17H,4,9-11H2,1-3H3. The zero-order valence-electron chi connectivity index (χ0n) is 11.6. The van der Waals surface area contributed by atoms with Crippen molar-refractivity contribution < 1.29 is 9.84 Å². The summed E-state index contributed by atoms with van der Waals surface area (Å²) < 4.78 is 5.83. The molecule has 0 saturated carbocycles. The van der Waals surface area contributed by atoms with Crippen molar-refractivity contribution in [2.24, 2.45) is 0 Å². The van der Waals surface area contributed by atoms with Crippen LogP contribution in [0.2, 0.25) is 0 Å². The van der Waals surface area contributed by atoms with E-state index in [0.717, 1.165) is 18.7 Å². The molecule has 0 aliphatic carbocycles. The highest BCUT2D eigenvalue weighted by atomic mass is 16.5. The number of ether oxygens (including phenoxy) is 1. The molecule has 1 aromatic rings. The lowest BCUT2D eigenvalue weighted by molar-refractivity contribution is 0.182. The highest BCUT2D eigenvalue weighted by molar-refractivity contribution is 5.35. The van der Waals surface area contributed by atoms with Crippen molar-refractivity contribution in [1.82, 2.24) is 5.32 Å². The lowest BCUT2D eigenvalue weighted by Gasteiger charge is -2.19. The maximum Gasteiger partial charge on any atom is 0.122 e. The van der Waals surface area contributed by atoms with Crippen molar-refractivity contribution in [3.63, 3.8) is 0 Å². The highest BCUT2D eigenvalue weighted by Crippen LogP contribution is 2.25. The third-order valence-electron chi connectivity index (χ3n) is 2.88. The summed E-state index contributed by atoms with van der Waals surface area (Å²) in [4.78, 5) is 0. The molecule has 0 amide bonds. The molecule has 3 heteroatoms. The van der Waals surface area contributed by atoms with Crippen molar-refractivity contribution in [3.05, 3.63) is 29.8 Å². The molecule has 1 unspecified atom stereocenters. The van der Waals surface area contributed by atoms with Crippen molar-refractivity contribution in [1.29, 1.82) is 0 Å². The number of aliphatic hydroxyl groups is 1. The molecule has 1 atom stereocenters. The lowest BCUT2D eigenvalue weighted by Crippen LogP contribution is -2.38. The fraction of sp³-hybridized carbons (Fsp3) is 0.600. The van der Waals surface area contributed by atoms with Gasteiger partial charge < -0.3 is 15.2 Å². The van der Waals surface area contributed by atoms with Crippen LogP contribution >= 0.6 is 0 Å². The molecule has 0 spiro atoms. The molecule has 0 aromatic heterocycles. The van der Waals surface area contributed by atoms with Crippen LogP contribution in [0.4, 0.5) is 0 Å². The van der Waals surface area contributed by atoms with E-state index in [-0.39, 0.29) is 12.6 Å². The largest absolute Gasteiger partial charge is 0.492 e. The number of para-hydroxylation sites is 1. The Morgan fingerprint density at radius 2 is 2.00 bits per heavy atom. The normalized spacial score (nSPS) is 12.7. The molecule has 0 heterocycles. The van der Waals surface area contributed by atoms with Gasteiger partial charge in [0.1, 0.15) is 12.4 Å². The summed E-state index contributed by atoms with van der Waals surface area (Å²) in [6.45, 7) is 7.92. The fourth-order valence-electron chi connectivity index (χ4n) is 1.80. The Labute approximate surface area is 110 Å². The Balaban J connectivity index is 2.56. The van der Waals surface area contributed by atoms with Gasteiger partial charge in [-0.1, -0.05) is 39.0 Å². The first-order chi connectivity index (χ1) is 8.69. The highest BCUT2D eigenvalue weighted by Gasteiger charge is 2.10. The minimum absolute atomic E-state index is 0.00479. The number of hydrogen-bond acceptors (Lipinski definition) is 3. The zero-order valence-corrected chi connectivity index (χ0v) is 11.6. The van der Waals surface area contributed by atoms with Gasteiger partial charge in [-0.2, -0.15) is 0 Å². The quantitative estimate of drug-likeness (QED) is 0.746. The second-order valence-corrected chi connectivity index (χ2v) is 4.84. The molecule has 1 rings (SSSR count). The second-order valence-electron chi connectivity index (χ2n) is 4.84. The van der Waals surface area contributed by atoms with Gasteiger partial charge in [0.05, 0.1) is 12.6 Å². The van der Waals surface area contributed by atoms with Gasteiger partial charge in [-0.25, -0.2) is 0 Å². The van der Waals surface area contributed by atoms with Crippen LogP contribution in [0.5, 0.6) is 5.75 Å². The first-order valence-corrected chi connectivity index (χ1v) is 6.75. The van der Waals surface area contributed by atoms with Gasteiger partial charge in [0.2, 0.25) is 0 Å². The van der Waals surface area contributed by atoms with E-state index in [1.165, 1.54) is 5.56 Å². The van der Waals surface area contributed by atoms with E-state index in [2.05, 4.69) is 32.2 Å². The molecule has 0 aliphatic heterocycles. The van der Waals surface area contributed by atoms with Gasteiger partial charge in [-0.05, 0) is 30.5 Å². The third kappa shape index (κ3) is 4.67. The Morgan fingerprint density at radius 3 is 2.61 bits per heavy atom. The van der Waals surface area contributed by atoms with E-state index in [1.54, 1.807) is 0 Å². The summed E-state index contributed by atoms with van der Waals surface area (Å²) in [7, 11) is 0. The molecule has 0 fully saturated rings. The zero-order chi connectivity index (χ0) is 13.4. The van der Waals surface area contributed by atoms with Gasteiger partial charge >= 0.3 is 0 Å². The van der Waals surface area contributed by atoms with Crippen LogP contribution < -0.4 is 10.1 Å². The van der Waals surface area contributed by atoms with Crippen LogP contribution in [0, 0.1) is 0 Å². The van der Waals surface area contributed by atoms with Gasteiger partial charge in [-0.15, -0.1) is 0 Å². The average molecular weight is 251 g/mol. The Morgan fingerprint density at radius 1 is 1.28 bits per heavy atom. The van der Waals surface area contributed by atoms with Gasteiger partial charge in [0, 0.05) is 0 Å². The molecule has 0 aliphatic rings. The molecule has 0 radical (unpaired) electrons. The fourth-order valence-corrected chi connectivity index (χ4v) is 1.80. The summed E-state index contributed by atoms with van der Waals surface area (Å²) in [5.74, 6) is 1.36. The van der Waals surface area contributed by atoms with Crippen molar-refractivity contribution in [2.45, 2.75) is 39.2 Å². The van der Waals surface area contributed by atoms with Gasteiger partial charge in [0.25, 0.3) is 0 Å². The monoisotopic (exact) mass is 251 g/mol. The summed E-state index contributed by atoms with van der Waals surface area (Å²) in [6.07, 6.45) is 1.05. The molecule has 102 valence electrons. The smallest absolute Gasteiger partial charge is 0.122 e. The van der Waals surface area contributed by atoms with E-state index >= 15 is 0 Å². The minimum atomic E-state index is 0.00479. The summed E-state index contributed by atoms with van der Waals surface area (Å²) in [6, 6.07) is 8.09. The molecule has 2 N–H and O–H groups in total. The molecule has 0 saturated heterocycles. The number of nitrogens with one attached hydrogen (secondary N) is 1. The summed E-state index contributed by atoms with van der Waals surface area (Å²) in [5, 5.41) is 12.5. The van der Waals surface area contributed by atoms with Crippen molar-refractivity contribution >= 4 is 0 Å². The summed E-state index contributed by atoms with van der Waals surface area (Å²) in [5.41, 5.74) is 1.21. The van der Waals surface area contributed by atoms with Gasteiger partial charge in [0.15, 0.2) is 0 Å². The first kappa shape index (κ1) is 15.0. The number of benzene rings is 1. The predicted molar refractivity (Wildman–Crippen MR) is 75.2 cm³/mol. The van der Waals surface area contributed by atoms with E-state index in [9.17, 15) is 5.11 Å². The first-order valence-electron chi connectivity index (χ1n) is 6.75. The maximum atomic E-state index is 9.27. The molecule has 3 nitrogen and oxygen atoms in total. The average Bonchev–Trinajstić information content (AvgIpc) is 2.39. The van der Waals surface area contributed by atoms with Crippen LogP contribution in [-0.2, 0) is 0 Å². The number of aliphatic hydroxyl groups excluding tert-OH is 1. The predicted octanol–water partition coefficient (Wildman–Crippen LogP) is 2.55. The topological polar surface area (TPSA) is 41.5 Å². The Bertz CT molecular complexity index is 339. The van der Waals surface area contributed by atoms with E-state index in [1.807, 2.05) is 18.2 Å². The molecule has 18 heavy (non-hydrogen) atoms. The molecule has 1 aromatic carbocycles. The van der Waals surface area contributed by atoms with Crippen molar-refractivity contribution in [2.75, 3.05) is 19.8 Å². The van der Waals surface area contributed by atoms with Crippen LogP contribution in [0.25, 0.3) is 0 Å². The summed E-state index contributed by atoms with van der Waals surface area (Å²) >= 11 is 0.